The van der Waals surface area contributed by atoms with E-state index in [0.29, 0.717) is 5.41 Å². The second kappa shape index (κ2) is 5.85. The van der Waals surface area contributed by atoms with Gasteiger partial charge in [0, 0.05) is 25.6 Å². The summed E-state index contributed by atoms with van der Waals surface area (Å²) < 4.78 is 5.10. The third-order valence-electron chi connectivity index (χ3n) is 4.33. The minimum Gasteiger partial charge on any atom is -0.383 e. The lowest BCUT2D eigenvalue weighted by atomic mass is 9.89. The SMILES string of the molecule is CCC1CC1(CNCCOC)c1ccccc1C. The molecule has 0 bridgehead atoms. The molecule has 18 heavy (non-hydrogen) atoms. The molecule has 2 unspecified atom stereocenters. The van der Waals surface area contributed by atoms with Crippen LogP contribution in [0, 0.1) is 12.8 Å². The molecular weight excluding hydrogens is 222 g/mol. The zero-order valence-electron chi connectivity index (χ0n) is 11.8. The maximum absolute atomic E-state index is 5.10. The number of methoxy groups -OCH3 is 1. The van der Waals surface area contributed by atoms with E-state index in [9.17, 15) is 0 Å². The number of aryl methyl sites for hydroxylation is 1. The molecule has 1 fully saturated rings. The molecule has 0 heterocycles. The van der Waals surface area contributed by atoms with Gasteiger partial charge in [-0.2, -0.15) is 0 Å². The average molecular weight is 247 g/mol. The molecule has 0 spiro atoms. The summed E-state index contributed by atoms with van der Waals surface area (Å²) in [6.45, 7) is 7.36. The van der Waals surface area contributed by atoms with E-state index in [-0.39, 0.29) is 0 Å². The minimum absolute atomic E-state index is 0.383. The van der Waals surface area contributed by atoms with Gasteiger partial charge in [-0.05, 0) is 30.4 Å². The summed E-state index contributed by atoms with van der Waals surface area (Å²) in [5, 5.41) is 3.55. The van der Waals surface area contributed by atoms with E-state index in [4.69, 9.17) is 4.74 Å². The van der Waals surface area contributed by atoms with Crippen LogP contribution in [0.3, 0.4) is 0 Å². The van der Waals surface area contributed by atoms with Gasteiger partial charge in [0.05, 0.1) is 6.61 Å². The molecule has 0 radical (unpaired) electrons. The first-order valence-corrected chi connectivity index (χ1v) is 7.00. The van der Waals surface area contributed by atoms with Gasteiger partial charge in [-0.15, -0.1) is 0 Å². The summed E-state index contributed by atoms with van der Waals surface area (Å²) in [5.41, 5.74) is 3.36. The van der Waals surface area contributed by atoms with Gasteiger partial charge < -0.3 is 10.1 Å². The molecule has 1 aromatic rings. The molecule has 0 saturated heterocycles. The topological polar surface area (TPSA) is 21.3 Å². The highest BCUT2D eigenvalue weighted by molar-refractivity contribution is 5.40. The van der Waals surface area contributed by atoms with Gasteiger partial charge in [-0.1, -0.05) is 37.6 Å². The molecule has 1 aromatic carbocycles. The van der Waals surface area contributed by atoms with Crippen molar-refractivity contribution in [3.05, 3.63) is 35.4 Å². The van der Waals surface area contributed by atoms with Gasteiger partial charge in [0.15, 0.2) is 0 Å². The quantitative estimate of drug-likeness (QED) is 0.748. The summed E-state index contributed by atoms with van der Waals surface area (Å²) in [6, 6.07) is 8.85. The Kier molecular flexibility index (Phi) is 4.41. The van der Waals surface area contributed by atoms with Crippen LogP contribution in [0.15, 0.2) is 24.3 Å². The van der Waals surface area contributed by atoms with Crippen molar-refractivity contribution in [1.82, 2.24) is 5.32 Å². The van der Waals surface area contributed by atoms with Crippen LogP contribution in [-0.4, -0.2) is 26.8 Å². The Morgan fingerprint density at radius 1 is 1.39 bits per heavy atom. The fraction of sp³-hybridized carbons (Fsp3) is 0.625. The zero-order chi connectivity index (χ0) is 13.0. The molecular formula is C16H25NO. The Hall–Kier alpha value is -0.860. The van der Waals surface area contributed by atoms with Gasteiger partial charge in [-0.3, -0.25) is 0 Å². The number of nitrogens with one attached hydrogen (secondary N) is 1. The van der Waals surface area contributed by atoms with Gasteiger partial charge in [-0.25, -0.2) is 0 Å². The Morgan fingerprint density at radius 3 is 2.78 bits per heavy atom. The lowest BCUT2D eigenvalue weighted by Crippen LogP contribution is -2.31. The van der Waals surface area contributed by atoms with Gasteiger partial charge in [0.2, 0.25) is 0 Å². The molecule has 2 heteroatoms. The summed E-state index contributed by atoms with van der Waals surface area (Å²) in [4.78, 5) is 0. The van der Waals surface area contributed by atoms with E-state index >= 15 is 0 Å². The van der Waals surface area contributed by atoms with Crippen molar-refractivity contribution in [1.29, 1.82) is 0 Å². The number of benzene rings is 1. The summed E-state index contributed by atoms with van der Waals surface area (Å²) in [7, 11) is 1.75. The smallest absolute Gasteiger partial charge is 0.0587 e. The Balaban J connectivity index is 2.07. The van der Waals surface area contributed by atoms with Crippen LogP contribution in [0.2, 0.25) is 0 Å². The monoisotopic (exact) mass is 247 g/mol. The van der Waals surface area contributed by atoms with Crippen LogP contribution in [0.25, 0.3) is 0 Å². The normalized spacial score (nSPS) is 26.3. The van der Waals surface area contributed by atoms with Crippen molar-refractivity contribution in [2.75, 3.05) is 26.8 Å². The molecule has 1 saturated carbocycles. The number of hydrogen-bond donors (Lipinski definition) is 1. The highest BCUT2D eigenvalue weighted by Crippen LogP contribution is 2.56. The molecule has 100 valence electrons. The minimum atomic E-state index is 0.383. The maximum atomic E-state index is 5.10. The van der Waals surface area contributed by atoms with Crippen molar-refractivity contribution in [3.63, 3.8) is 0 Å². The standard InChI is InChI=1S/C16H25NO/c1-4-14-11-16(14,12-17-9-10-18-3)15-8-6-5-7-13(15)2/h5-8,14,17H,4,9-12H2,1-3H3. The third kappa shape index (κ3) is 2.60. The largest absolute Gasteiger partial charge is 0.383 e. The highest BCUT2D eigenvalue weighted by Gasteiger charge is 2.53. The van der Waals surface area contributed by atoms with Crippen LogP contribution in [0.4, 0.5) is 0 Å². The van der Waals surface area contributed by atoms with Crippen molar-refractivity contribution in [2.24, 2.45) is 5.92 Å². The summed E-state index contributed by atoms with van der Waals surface area (Å²) in [6.07, 6.45) is 2.61. The van der Waals surface area contributed by atoms with Crippen LogP contribution >= 0.6 is 0 Å². The van der Waals surface area contributed by atoms with Crippen LogP contribution in [0.1, 0.15) is 30.9 Å². The van der Waals surface area contributed by atoms with Crippen molar-refractivity contribution in [3.8, 4) is 0 Å². The van der Waals surface area contributed by atoms with Gasteiger partial charge >= 0.3 is 0 Å². The fourth-order valence-electron chi connectivity index (χ4n) is 3.17. The van der Waals surface area contributed by atoms with Gasteiger partial charge in [0.25, 0.3) is 0 Å². The zero-order valence-corrected chi connectivity index (χ0v) is 11.8. The van der Waals surface area contributed by atoms with Gasteiger partial charge in [0.1, 0.15) is 0 Å². The van der Waals surface area contributed by atoms with Crippen LogP contribution in [-0.2, 0) is 10.2 Å². The van der Waals surface area contributed by atoms with E-state index in [1.54, 1.807) is 12.7 Å². The second-order valence-corrected chi connectivity index (χ2v) is 5.45. The lowest BCUT2D eigenvalue weighted by Gasteiger charge is -2.21. The molecule has 0 amide bonds. The van der Waals surface area contributed by atoms with E-state index in [2.05, 4.69) is 43.4 Å². The van der Waals surface area contributed by atoms with Crippen LogP contribution < -0.4 is 5.32 Å². The summed E-state index contributed by atoms with van der Waals surface area (Å²) >= 11 is 0. The van der Waals surface area contributed by atoms with E-state index in [1.165, 1.54) is 18.4 Å². The highest BCUT2D eigenvalue weighted by atomic mass is 16.5. The van der Waals surface area contributed by atoms with E-state index in [0.717, 1.165) is 25.6 Å². The second-order valence-electron chi connectivity index (χ2n) is 5.45. The maximum Gasteiger partial charge on any atom is 0.0587 e. The van der Waals surface area contributed by atoms with Crippen molar-refractivity contribution >= 4 is 0 Å². The van der Waals surface area contributed by atoms with Crippen molar-refractivity contribution < 1.29 is 4.74 Å². The average Bonchev–Trinajstić information content (AvgIpc) is 3.10. The van der Waals surface area contributed by atoms with E-state index < -0.39 is 0 Å². The molecule has 1 N–H and O–H groups in total. The molecule has 0 aliphatic heterocycles. The Morgan fingerprint density at radius 2 is 2.17 bits per heavy atom. The number of rotatable bonds is 7. The molecule has 2 rings (SSSR count). The Bertz CT molecular complexity index is 390. The molecule has 0 aromatic heterocycles. The molecule has 1 aliphatic carbocycles. The lowest BCUT2D eigenvalue weighted by molar-refractivity contribution is 0.198. The fourth-order valence-corrected chi connectivity index (χ4v) is 3.17. The predicted molar refractivity (Wildman–Crippen MR) is 76.0 cm³/mol. The third-order valence-corrected chi connectivity index (χ3v) is 4.33. The molecule has 1 aliphatic rings. The van der Waals surface area contributed by atoms with E-state index in [1.807, 2.05) is 0 Å². The number of ether oxygens (including phenoxy) is 1. The molecule has 2 atom stereocenters. The first kappa shape index (κ1) is 13.6. The first-order valence-electron chi connectivity index (χ1n) is 7.00. The Labute approximate surface area is 111 Å². The van der Waals surface area contributed by atoms with Crippen LogP contribution in [0.5, 0.6) is 0 Å². The first-order chi connectivity index (χ1) is 8.74. The molecule has 2 nitrogen and oxygen atoms in total. The van der Waals surface area contributed by atoms with Crippen molar-refractivity contribution in [2.45, 2.75) is 32.1 Å². The predicted octanol–water partition coefficient (Wildman–Crippen LogP) is 2.90. The summed E-state index contributed by atoms with van der Waals surface area (Å²) in [5.74, 6) is 0.841. The number of hydrogen-bond acceptors (Lipinski definition) is 2.